The van der Waals surface area contributed by atoms with Crippen molar-refractivity contribution >= 4 is 23.5 Å². The summed E-state index contributed by atoms with van der Waals surface area (Å²) in [6, 6.07) is 13.4. The Morgan fingerprint density at radius 3 is 2.41 bits per heavy atom. The van der Waals surface area contributed by atoms with Gasteiger partial charge in [-0.15, -0.1) is 0 Å². The van der Waals surface area contributed by atoms with E-state index in [1.165, 1.54) is 0 Å². The highest BCUT2D eigenvalue weighted by atomic mass is 32.2. The Morgan fingerprint density at radius 1 is 1.09 bits per heavy atom. The summed E-state index contributed by atoms with van der Waals surface area (Å²) in [5, 5.41) is 3.64. The molecule has 0 aliphatic carbocycles. The van der Waals surface area contributed by atoms with Crippen LogP contribution in [0.15, 0.2) is 58.3 Å². The van der Waals surface area contributed by atoms with Gasteiger partial charge in [0, 0.05) is 35.9 Å². The first-order valence-electron chi connectivity index (χ1n) is 11.0. The molecule has 0 unspecified atom stereocenters. The minimum Gasteiger partial charge on any atom is -0.467 e. The van der Waals surface area contributed by atoms with E-state index in [1.54, 1.807) is 24.1 Å². The lowest BCUT2D eigenvalue weighted by atomic mass is 9.92. The molecule has 0 aliphatic rings. The van der Waals surface area contributed by atoms with Gasteiger partial charge in [0.05, 0.1) is 18.5 Å². The predicted octanol–water partition coefficient (Wildman–Crippen LogP) is 5.44. The lowest BCUT2D eigenvalue weighted by Crippen LogP contribution is -2.25. The second-order valence-corrected chi connectivity index (χ2v) is 9.51. The van der Waals surface area contributed by atoms with E-state index in [9.17, 15) is 4.79 Å². The van der Waals surface area contributed by atoms with Crippen molar-refractivity contribution in [2.75, 3.05) is 18.0 Å². The summed E-state index contributed by atoms with van der Waals surface area (Å²) >= 11 is 1.62. The molecule has 1 aromatic carbocycles. The molecule has 0 bridgehead atoms. The van der Waals surface area contributed by atoms with E-state index in [0.717, 1.165) is 46.8 Å². The van der Waals surface area contributed by atoms with Crippen LogP contribution in [0.1, 0.15) is 62.0 Å². The summed E-state index contributed by atoms with van der Waals surface area (Å²) < 4.78 is 5.25. The van der Waals surface area contributed by atoms with Crippen LogP contribution < -0.4 is 10.2 Å². The van der Waals surface area contributed by atoms with E-state index < -0.39 is 0 Å². The molecule has 0 fully saturated rings. The fourth-order valence-corrected chi connectivity index (χ4v) is 3.96. The number of furan rings is 1. The highest BCUT2D eigenvalue weighted by Crippen LogP contribution is 2.28. The summed E-state index contributed by atoms with van der Waals surface area (Å²) in [5.41, 5.74) is 2.73. The van der Waals surface area contributed by atoms with E-state index in [-0.39, 0.29) is 11.3 Å². The second kappa shape index (κ2) is 10.7. The zero-order valence-electron chi connectivity index (χ0n) is 19.5. The van der Waals surface area contributed by atoms with Gasteiger partial charge in [0.25, 0.3) is 5.91 Å². The number of carbonyl (C=O) groups is 1. The molecule has 0 saturated carbocycles. The van der Waals surface area contributed by atoms with Gasteiger partial charge in [0.1, 0.15) is 11.6 Å². The number of anilines is 1. The van der Waals surface area contributed by atoms with Crippen LogP contribution in [-0.4, -0.2) is 29.0 Å². The summed E-state index contributed by atoms with van der Waals surface area (Å²) in [6.45, 7) is 13.0. The lowest BCUT2D eigenvalue weighted by molar-refractivity contribution is 0.0948. The van der Waals surface area contributed by atoms with Crippen LogP contribution in [-0.2, 0) is 17.7 Å². The first-order valence-corrected chi connectivity index (χ1v) is 12.0. The number of benzene rings is 1. The maximum absolute atomic E-state index is 12.3. The Morgan fingerprint density at radius 2 is 1.81 bits per heavy atom. The minimum atomic E-state index is -0.120. The molecule has 2 aromatic heterocycles. The van der Waals surface area contributed by atoms with Crippen molar-refractivity contribution in [3.05, 3.63) is 71.3 Å². The number of aromatic nitrogens is 2. The molecule has 1 N–H and O–H groups in total. The van der Waals surface area contributed by atoms with E-state index >= 15 is 0 Å². The molecule has 2 heterocycles. The van der Waals surface area contributed by atoms with Crippen molar-refractivity contribution < 1.29 is 9.21 Å². The Labute approximate surface area is 194 Å². The molecule has 1 amide bonds. The molecule has 6 nitrogen and oxygen atoms in total. The van der Waals surface area contributed by atoms with Crippen molar-refractivity contribution in [3.8, 4) is 0 Å². The smallest absolute Gasteiger partial charge is 0.251 e. The van der Waals surface area contributed by atoms with Gasteiger partial charge in [-0.1, -0.05) is 44.7 Å². The molecule has 170 valence electrons. The standard InChI is InChI=1S/C25H32N4O2S/c1-6-29(7-2)22-15-21(25(3,4)5)27-24(28-22)32-17-18-10-12-19(13-11-18)23(30)26-16-20-9-8-14-31-20/h8-15H,6-7,16-17H2,1-5H3,(H,26,30). The Balaban J connectivity index is 1.66. The largest absolute Gasteiger partial charge is 0.467 e. The number of thioether (sulfide) groups is 1. The summed E-state index contributed by atoms with van der Waals surface area (Å²) in [7, 11) is 0. The zero-order valence-corrected chi connectivity index (χ0v) is 20.3. The van der Waals surface area contributed by atoms with Gasteiger partial charge in [0.2, 0.25) is 0 Å². The van der Waals surface area contributed by atoms with Gasteiger partial charge in [-0.05, 0) is 43.7 Å². The van der Waals surface area contributed by atoms with E-state index in [2.05, 4.69) is 50.9 Å². The monoisotopic (exact) mass is 452 g/mol. The summed E-state index contributed by atoms with van der Waals surface area (Å²) in [5.74, 6) is 2.32. The predicted molar refractivity (Wildman–Crippen MR) is 130 cm³/mol. The number of hydrogen-bond acceptors (Lipinski definition) is 6. The van der Waals surface area contributed by atoms with Crippen LogP contribution in [0.25, 0.3) is 0 Å². The van der Waals surface area contributed by atoms with Crippen LogP contribution in [0.5, 0.6) is 0 Å². The van der Waals surface area contributed by atoms with Crippen molar-refractivity contribution in [3.63, 3.8) is 0 Å². The molecular weight excluding hydrogens is 420 g/mol. The average molecular weight is 453 g/mol. The van der Waals surface area contributed by atoms with E-state index in [4.69, 9.17) is 14.4 Å². The van der Waals surface area contributed by atoms with Crippen LogP contribution in [0.2, 0.25) is 0 Å². The third kappa shape index (κ3) is 6.36. The maximum atomic E-state index is 12.3. The van der Waals surface area contributed by atoms with Gasteiger partial charge in [-0.2, -0.15) is 0 Å². The number of carbonyl (C=O) groups excluding carboxylic acids is 1. The Bertz CT molecular complexity index is 1010. The lowest BCUT2D eigenvalue weighted by Gasteiger charge is -2.24. The molecule has 7 heteroatoms. The zero-order chi connectivity index (χ0) is 23.1. The average Bonchev–Trinajstić information content (AvgIpc) is 3.30. The fraction of sp³-hybridized carbons (Fsp3) is 0.400. The third-order valence-corrected chi connectivity index (χ3v) is 6.05. The topological polar surface area (TPSA) is 71.3 Å². The van der Waals surface area contributed by atoms with Gasteiger partial charge in [-0.25, -0.2) is 9.97 Å². The number of nitrogens with zero attached hydrogens (tertiary/aromatic N) is 3. The van der Waals surface area contributed by atoms with E-state index in [0.29, 0.717) is 12.1 Å². The Hall–Kier alpha value is -2.80. The SMILES string of the molecule is CCN(CC)c1cc(C(C)(C)C)nc(SCc2ccc(C(=O)NCc3ccco3)cc2)n1. The number of amides is 1. The fourth-order valence-electron chi connectivity index (χ4n) is 3.15. The molecule has 0 aliphatic heterocycles. The van der Waals surface area contributed by atoms with Gasteiger partial charge in [0.15, 0.2) is 5.16 Å². The van der Waals surface area contributed by atoms with Crippen LogP contribution >= 0.6 is 11.8 Å². The van der Waals surface area contributed by atoms with Crippen LogP contribution in [0.3, 0.4) is 0 Å². The normalized spacial score (nSPS) is 11.4. The van der Waals surface area contributed by atoms with Crippen LogP contribution in [0, 0.1) is 0 Å². The molecular formula is C25H32N4O2S. The quantitative estimate of drug-likeness (QED) is 0.344. The molecule has 0 saturated heterocycles. The molecule has 32 heavy (non-hydrogen) atoms. The molecule has 3 aromatic rings. The summed E-state index contributed by atoms with van der Waals surface area (Å²) in [6.07, 6.45) is 1.60. The third-order valence-electron chi connectivity index (χ3n) is 5.14. The second-order valence-electron chi connectivity index (χ2n) is 8.56. The van der Waals surface area contributed by atoms with Crippen molar-refractivity contribution in [2.45, 2.75) is 57.5 Å². The maximum Gasteiger partial charge on any atom is 0.251 e. The first kappa shape index (κ1) is 23.9. The first-order chi connectivity index (χ1) is 15.3. The molecule has 0 atom stereocenters. The van der Waals surface area contributed by atoms with Crippen molar-refractivity contribution in [1.29, 1.82) is 0 Å². The minimum absolute atomic E-state index is 0.0508. The number of nitrogens with one attached hydrogen (secondary N) is 1. The number of hydrogen-bond donors (Lipinski definition) is 1. The highest BCUT2D eigenvalue weighted by Gasteiger charge is 2.19. The Kier molecular flexibility index (Phi) is 7.96. The molecule has 0 radical (unpaired) electrons. The molecule has 0 spiro atoms. The van der Waals surface area contributed by atoms with Gasteiger partial charge < -0.3 is 14.6 Å². The van der Waals surface area contributed by atoms with Gasteiger partial charge >= 0.3 is 0 Å². The van der Waals surface area contributed by atoms with Crippen molar-refractivity contribution in [2.24, 2.45) is 0 Å². The van der Waals surface area contributed by atoms with Crippen molar-refractivity contribution in [1.82, 2.24) is 15.3 Å². The van der Waals surface area contributed by atoms with Gasteiger partial charge in [-0.3, -0.25) is 4.79 Å². The highest BCUT2D eigenvalue weighted by molar-refractivity contribution is 7.98. The van der Waals surface area contributed by atoms with E-state index in [1.807, 2.05) is 30.3 Å². The summed E-state index contributed by atoms with van der Waals surface area (Å²) in [4.78, 5) is 24.2. The number of rotatable bonds is 9. The van der Waals surface area contributed by atoms with Crippen LogP contribution in [0.4, 0.5) is 5.82 Å². The molecule has 3 rings (SSSR count).